The number of fused-ring (bicyclic) bond motifs is 4. The predicted octanol–water partition coefficient (Wildman–Crippen LogP) is 3.47. The van der Waals surface area contributed by atoms with Gasteiger partial charge < -0.3 is 20.7 Å². The summed E-state index contributed by atoms with van der Waals surface area (Å²) in [7, 11) is 1.81. The van der Waals surface area contributed by atoms with E-state index in [4.69, 9.17) is 20.4 Å². The van der Waals surface area contributed by atoms with Gasteiger partial charge in [0.15, 0.2) is 5.75 Å². The SMILES string of the molecule is CNc1cc(F)cc2c1Cc1nc(Oc3cnc(C4CCC4)nc3)nc(N3CC4C(N)C4C3)c1-2. The lowest BCUT2D eigenvalue weighted by atomic mass is 9.85. The van der Waals surface area contributed by atoms with Gasteiger partial charge in [0, 0.05) is 49.8 Å². The van der Waals surface area contributed by atoms with Crippen molar-refractivity contribution < 1.29 is 9.13 Å². The Kier molecular flexibility index (Phi) is 4.33. The molecule has 3 aromatic rings. The van der Waals surface area contributed by atoms with Gasteiger partial charge in [0.2, 0.25) is 0 Å². The molecule has 2 aromatic heterocycles. The lowest BCUT2D eigenvalue weighted by Gasteiger charge is -2.24. The van der Waals surface area contributed by atoms with Gasteiger partial charge in [-0.3, -0.25) is 0 Å². The number of rotatable bonds is 5. The Morgan fingerprint density at radius 1 is 1.12 bits per heavy atom. The average molecular weight is 460 g/mol. The highest BCUT2D eigenvalue weighted by Crippen LogP contribution is 2.50. The molecule has 4 aliphatic rings. The molecule has 0 radical (unpaired) electrons. The van der Waals surface area contributed by atoms with E-state index in [1.165, 1.54) is 12.5 Å². The Morgan fingerprint density at radius 3 is 2.56 bits per heavy atom. The summed E-state index contributed by atoms with van der Waals surface area (Å²) in [6, 6.07) is 3.65. The molecule has 0 amide bonds. The smallest absolute Gasteiger partial charge is 0.324 e. The van der Waals surface area contributed by atoms with Crippen LogP contribution in [0.15, 0.2) is 24.5 Å². The third-order valence-corrected chi connectivity index (χ3v) is 7.93. The van der Waals surface area contributed by atoms with E-state index in [1.807, 2.05) is 7.05 Å². The number of nitrogens with two attached hydrogens (primary N) is 1. The van der Waals surface area contributed by atoms with Crippen molar-refractivity contribution in [3.63, 3.8) is 0 Å². The van der Waals surface area contributed by atoms with Crippen molar-refractivity contribution in [1.29, 1.82) is 0 Å². The van der Waals surface area contributed by atoms with Crippen LogP contribution in [0.2, 0.25) is 0 Å². The van der Waals surface area contributed by atoms with Crippen molar-refractivity contribution in [3.05, 3.63) is 47.4 Å². The van der Waals surface area contributed by atoms with E-state index in [2.05, 4.69) is 20.2 Å². The summed E-state index contributed by atoms with van der Waals surface area (Å²) in [5.74, 6) is 3.34. The van der Waals surface area contributed by atoms with Gasteiger partial charge in [0.1, 0.15) is 17.5 Å². The number of aromatic nitrogens is 4. The minimum Gasteiger partial charge on any atom is -0.421 e. The summed E-state index contributed by atoms with van der Waals surface area (Å²) in [5.41, 5.74) is 10.6. The molecule has 1 saturated heterocycles. The third kappa shape index (κ3) is 3.06. The molecule has 3 N–H and O–H groups in total. The number of halogens is 1. The molecule has 174 valence electrons. The minimum atomic E-state index is -0.280. The zero-order valence-electron chi connectivity index (χ0n) is 19.0. The number of benzene rings is 1. The summed E-state index contributed by atoms with van der Waals surface area (Å²) in [5, 5.41) is 3.12. The summed E-state index contributed by atoms with van der Waals surface area (Å²) >= 11 is 0. The maximum atomic E-state index is 14.5. The molecule has 2 atom stereocenters. The topological polar surface area (TPSA) is 102 Å². The van der Waals surface area contributed by atoms with E-state index in [0.29, 0.717) is 29.9 Å². The quantitative estimate of drug-likeness (QED) is 0.468. The zero-order valence-corrected chi connectivity index (χ0v) is 19.0. The van der Waals surface area contributed by atoms with Gasteiger partial charge in [0.05, 0.1) is 18.1 Å². The van der Waals surface area contributed by atoms with Crippen molar-refractivity contribution in [2.45, 2.75) is 37.6 Å². The fourth-order valence-electron chi connectivity index (χ4n) is 5.70. The zero-order chi connectivity index (χ0) is 23.0. The van der Waals surface area contributed by atoms with Crippen LogP contribution in [0.1, 0.15) is 42.3 Å². The monoisotopic (exact) mass is 459 g/mol. The molecule has 2 unspecified atom stereocenters. The van der Waals surface area contributed by atoms with Crippen LogP contribution in [0, 0.1) is 17.7 Å². The molecule has 1 aliphatic heterocycles. The highest BCUT2D eigenvalue weighted by atomic mass is 19.1. The van der Waals surface area contributed by atoms with Crippen molar-refractivity contribution in [1.82, 2.24) is 19.9 Å². The summed E-state index contributed by atoms with van der Waals surface area (Å²) in [6.07, 6.45) is 7.52. The van der Waals surface area contributed by atoms with E-state index >= 15 is 0 Å². The van der Waals surface area contributed by atoms with Gasteiger partial charge in [-0.1, -0.05) is 6.42 Å². The van der Waals surface area contributed by atoms with Crippen molar-refractivity contribution in [2.75, 3.05) is 30.4 Å². The average Bonchev–Trinajstić information content (AvgIpc) is 3.15. The summed E-state index contributed by atoms with van der Waals surface area (Å²) < 4.78 is 20.5. The number of hydrogen-bond acceptors (Lipinski definition) is 8. The van der Waals surface area contributed by atoms with Crippen LogP contribution in [-0.4, -0.2) is 46.1 Å². The second-order valence-electron chi connectivity index (χ2n) is 9.87. The summed E-state index contributed by atoms with van der Waals surface area (Å²) in [4.78, 5) is 20.8. The largest absolute Gasteiger partial charge is 0.421 e. The molecule has 3 aliphatic carbocycles. The van der Waals surface area contributed by atoms with Crippen LogP contribution in [0.25, 0.3) is 11.1 Å². The molecule has 0 spiro atoms. The maximum Gasteiger partial charge on any atom is 0.324 e. The van der Waals surface area contributed by atoms with E-state index in [0.717, 1.165) is 65.6 Å². The van der Waals surface area contributed by atoms with Gasteiger partial charge >= 0.3 is 6.01 Å². The fourth-order valence-corrected chi connectivity index (χ4v) is 5.70. The van der Waals surface area contributed by atoms with Gasteiger partial charge in [-0.15, -0.1) is 0 Å². The predicted molar refractivity (Wildman–Crippen MR) is 126 cm³/mol. The minimum absolute atomic E-state index is 0.262. The highest BCUT2D eigenvalue weighted by Gasteiger charge is 2.54. The van der Waals surface area contributed by atoms with E-state index in [9.17, 15) is 4.39 Å². The first kappa shape index (κ1) is 20.1. The Labute approximate surface area is 196 Å². The first-order valence-corrected chi connectivity index (χ1v) is 12.0. The molecule has 0 bridgehead atoms. The number of ether oxygens (including phenoxy) is 1. The van der Waals surface area contributed by atoms with Gasteiger partial charge in [0.25, 0.3) is 0 Å². The number of piperidine rings is 1. The molecular weight excluding hydrogens is 433 g/mol. The molecule has 3 fully saturated rings. The molecule has 2 saturated carbocycles. The fraction of sp³-hybridized carbons (Fsp3) is 0.440. The number of nitrogens with zero attached hydrogens (tertiary/aromatic N) is 5. The number of anilines is 2. The van der Waals surface area contributed by atoms with E-state index < -0.39 is 0 Å². The van der Waals surface area contributed by atoms with Crippen LogP contribution >= 0.6 is 0 Å². The van der Waals surface area contributed by atoms with Crippen molar-refractivity contribution in [3.8, 4) is 22.9 Å². The van der Waals surface area contributed by atoms with E-state index in [-0.39, 0.29) is 17.9 Å². The standard InChI is InChI=1S/C25H26FN7O/c1-28-19-6-13(26)5-16-15(19)7-20-21(16)24(33-10-17-18(11-33)22(17)27)32-25(31-20)34-14-8-29-23(30-9-14)12-3-2-4-12/h5-6,8-9,12,17-18,22,28H,2-4,7,10-11,27H2,1H3. The maximum absolute atomic E-state index is 14.5. The van der Waals surface area contributed by atoms with Crippen LogP contribution in [0.5, 0.6) is 11.8 Å². The first-order chi connectivity index (χ1) is 16.6. The molecule has 8 nitrogen and oxygen atoms in total. The normalized spacial score (nSPS) is 24.3. The molecule has 1 aromatic carbocycles. The van der Waals surface area contributed by atoms with Crippen LogP contribution in [-0.2, 0) is 6.42 Å². The van der Waals surface area contributed by atoms with Crippen molar-refractivity contribution in [2.24, 2.45) is 17.6 Å². The number of nitrogens with one attached hydrogen (secondary N) is 1. The Bertz CT molecular complexity index is 1280. The molecule has 34 heavy (non-hydrogen) atoms. The number of hydrogen-bond donors (Lipinski definition) is 2. The molecular formula is C25H26FN7O. The van der Waals surface area contributed by atoms with Crippen molar-refractivity contribution >= 4 is 11.5 Å². The second-order valence-corrected chi connectivity index (χ2v) is 9.87. The molecule has 3 heterocycles. The Balaban J connectivity index is 1.27. The summed E-state index contributed by atoms with van der Waals surface area (Å²) in [6.45, 7) is 1.69. The van der Waals surface area contributed by atoms with Crippen LogP contribution in [0.3, 0.4) is 0 Å². The van der Waals surface area contributed by atoms with Crippen LogP contribution in [0.4, 0.5) is 15.9 Å². The Morgan fingerprint density at radius 2 is 1.88 bits per heavy atom. The highest BCUT2D eigenvalue weighted by molar-refractivity contribution is 5.88. The second kappa shape index (κ2) is 7.33. The van der Waals surface area contributed by atoms with Crippen LogP contribution < -0.4 is 20.7 Å². The lowest BCUT2D eigenvalue weighted by molar-refractivity contribution is 0.395. The van der Waals surface area contributed by atoms with E-state index in [1.54, 1.807) is 18.5 Å². The first-order valence-electron chi connectivity index (χ1n) is 12.0. The lowest BCUT2D eigenvalue weighted by Crippen LogP contribution is -2.29. The third-order valence-electron chi connectivity index (χ3n) is 7.93. The Hall–Kier alpha value is -3.33. The van der Waals surface area contributed by atoms with Gasteiger partial charge in [-0.25, -0.2) is 14.4 Å². The van der Waals surface area contributed by atoms with Gasteiger partial charge in [-0.05, 0) is 47.9 Å². The van der Waals surface area contributed by atoms with Gasteiger partial charge in [-0.2, -0.15) is 9.97 Å². The molecule has 9 heteroatoms. The molecule has 7 rings (SSSR count).